The second kappa shape index (κ2) is 9.76. The van der Waals surface area contributed by atoms with Gasteiger partial charge in [-0.1, -0.05) is 6.92 Å². The molecule has 0 radical (unpaired) electrons. The number of likely N-dealkylation sites (tertiary alicyclic amines) is 1. The van der Waals surface area contributed by atoms with E-state index in [0.717, 1.165) is 30.3 Å². The lowest BCUT2D eigenvalue weighted by atomic mass is 9.81. The van der Waals surface area contributed by atoms with Gasteiger partial charge in [0.25, 0.3) is 5.91 Å². The van der Waals surface area contributed by atoms with Gasteiger partial charge < -0.3 is 19.3 Å². The normalized spacial score (nSPS) is 22.3. The van der Waals surface area contributed by atoms with Gasteiger partial charge in [-0.2, -0.15) is 0 Å². The first-order valence-electron chi connectivity index (χ1n) is 13.0. The number of benzene rings is 1. The van der Waals surface area contributed by atoms with Crippen LogP contribution in [0.15, 0.2) is 36.5 Å². The molecular formula is C28H36FN3O3. The molecule has 188 valence electrons. The fourth-order valence-electron chi connectivity index (χ4n) is 5.59. The Labute approximate surface area is 207 Å². The highest BCUT2D eigenvalue weighted by atomic mass is 19.1. The Morgan fingerprint density at radius 2 is 1.89 bits per heavy atom. The number of nitrogens with zero attached hydrogens (tertiary/aromatic N) is 3. The smallest absolute Gasteiger partial charge is 0.272 e. The predicted octanol–water partition coefficient (Wildman–Crippen LogP) is 5.38. The first kappa shape index (κ1) is 24.0. The summed E-state index contributed by atoms with van der Waals surface area (Å²) in [5.74, 6) is 1.14. The number of anilines is 1. The van der Waals surface area contributed by atoms with Crippen LogP contribution < -0.4 is 9.64 Å². The number of amides is 1. The number of aromatic nitrogens is 1. The zero-order valence-electron chi connectivity index (χ0n) is 21.0. The molecule has 1 aromatic carbocycles. The molecule has 3 aliphatic heterocycles. The number of pyridine rings is 1. The van der Waals surface area contributed by atoms with Crippen molar-refractivity contribution in [3.63, 3.8) is 0 Å². The monoisotopic (exact) mass is 481 g/mol. The van der Waals surface area contributed by atoms with Crippen LogP contribution in [0, 0.1) is 11.7 Å². The minimum atomic E-state index is -0.413. The van der Waals surface area contributed by atoms with E-state index in [1.165, 1.54) is 25.0 Å². The Kier molecular flexibility index (Phi) is 6.71. The Hall–Kier alpha value is -2.67. The van der Waals surface area contributed by atoms with Crippen LogP contribution in [0.4, 0.5) is 10.1 Å². The molecule has 2 fully saturated rings. The van der Waals surface area contributed by atoms with Crippen molar-refractivity contribution in [1.82, 2.24) is 9.88 Å². The second-order valence-electron chi connectivity index (χ2n) is 10.7. The fraction of sp³-hybridized carbons (Fsp3) is 0.571. The summed E-state index contributed by atoms with van der Waals surface area (Å²) in [4.78, 5) is 21.9. The number of halogens is 1. The maximum Gasteiger partial charge on any atom is 0.272 e. The van der Waals surface area contributed by atoms with E-state index in [1.807, 2.05) is 37.1 Å². The molecule has 1 spiro atoms. The van der Waals surface area contributed by atoms with Crippen LogP contribution in [-0.2, 0) is 4.74 Å². The van der Waals surface area contributed by atoms with E-state index in [2.05, 4.69) is 16.8 Å². The number of ether oxygens (including phenoxy) is 2. The molecule has 5 rings (SSSR count). The summed E-state index contributed by atoms with van der Waals surface area (Å²) < 4.78 is 26.5. The summed E-state index contributed by atoms with van der Waals surface area (Å²) in [6.07, 6.45) is 6.10. The second-order valence-corrected chi connectivity index (χ2v) is 10.7. The number of carbonyl (C=O) groups excluding carboxylic acids is 1. The molecule has 2 saturated heterocycles. The van der Waals surface area contributed by atoms with E-state index >= 15 is 0 Å². The summed E-state index contributed by atoms with van der Waals surface area (Å²) in [7, 11) is 0. The molecule has 35 heavy (non-hydrogen) atoms. The fourth-order valence-corrected chi connectivity index (χ4v) is 5.59. The standard InChI is InChI=1S/C28H36FN3O3/c1-19(2)34-26-17-28(35-25-7-4-21(29)16-23(25)26)10-14-32(15-11-28)27(33)24-6-5-22(18-30-24)31-12-8-20(3)9-13-31/h4-7,16,18-20,26H,8-15,17H2,1-3H3/t26-/m1/s1. The zero-order chi connectivity index (χ0) is 24.6. The highest BCUT2D eigenvalue weighted by Gasteiger charge is 2.45. The molecule has 1 amide bonds. The van der Waals surface area contributed by atoms with Crippen LogP contribution in [0.25, 0.3) is 0 Å². The topological polar surface area (TPSA) is 54.9 Å². The van der Waals surface area contributed by atoms with Gasteiger partial charge in [-0.15, -0.1) is 0 Å². The van der Waals surface area contributed by atoms with E-state index < -0.39 is 5.60 Å². The maximum atomic E-state index is 13.9. The van der Waals surface area contributed by atoms with E-state index in [0.29, 0.717) is 43.8 Å². The van der Waals surface area contributed by atoms with E-state index in [4.69, 9.17) is 9.47 Å². The van der Waals surface area contributed by atoms with Crippen LogP contribution in [0.2, 0.25) is 0 Å². The Balaban J connectivity index is 1.24. The van der Waals surface area contributed by atoms with Gasteiger partial charge in [0, 0.05) is 51.0 Å². The van der Waals surface area contributed by atoms with Crippen LogP contribution in [0.3, 0.4) is 0 Å². The molecule has 0 aliphatic carbocycles. The molecule has 1 aromatic heterocycles. The van der Waals surface area contributed by atoms with Crippen molar-refractivity contribution in [1.29, 1.82) is 0 Å². The summed E-state index contributed by atoms with van der Waals surface area (Å²) in [5.41, 5.74) is 1.94. The summed E-state index contributed by atoms with van der Waals surface area (Å²) in [5, 5.41) is 0. The van der Waals surface area contributed by atoms with Crippen LogP contribution in [0.5, 0.6) is 5.75 Å². The third-order valence-corrected chi connectivity index (χ3v) is 7.72. The van der Waals surface area contributed by atoms with E-state index in [9.17, 15) is 9.18 Å². The van der Waals surface area contributed by atoms with Crippen molar-refractivity contribution in [2.75, 3.05) is 31.1 Å². The molecule has 0 bridgehead atoms. The van der Waals surface area contributed by atoms with Gasteiger partial charge in [-0.25, -0.2) is 9.37 Å². The first-order valence-corrected chi connectivity index (χ1v) is 13.0. The van der Waals surface area contributed by atoms with Crippen LogP contribution in [-0.4, -0.2) is 53.7 Å². The molecule has 4 heterocycles. The molecule has 1 atom stereocenters. The van der Waals surface area contributed by atoms with E-state index in [1.54, 1.807) is 6.07 Å². The van der Waals surface area contributed by atoms with Gasteiger partial charge in [-0.05, 0) is 62.9 Å². The SMILES string of the molecule is CC1CCN(c2ccc(C(=O)N3CCC4(CC3)C[C@@H](OC(C)C)c3cc(F)ccc3O4)nc2)CC1. The minimum absolute atomic E-state index is 0.0234. The highest BCUT2D eigenvalue weighted by Crippen LogP contribution is 2.46. The van der Waals surface area contributed by atoms with Crippen molar-refractivity contribution in [3.05, 3.63) is 53.6 Å². The lowest BCUT2D eigenvalue weighted by molar-refractivity contribution is -0.0874. The molecule has 0 saturated carbocycles. The Morgan fingerprint density at radius 3 is 2.54 bits per heavy atom. The number of piperidine rings is 2. The molecular weight excluding hydrogens is 445 g/mol. The van der Waals surface area contributed by atoms with Crippen molar-refractivity contribution in [3.8, 4) is 5.75 Å². The average molecular weight is 482 g/mol. The van der Waals surface area contributed by atoms with Crippen molar-refractivity contribution >= 4 is 11.6 Å². The van der Waals surface area contributed by atoms with Gasteiger partial charge >= 0.3 is 0 Å². The molecule has 7 heteroatoms. The van der Waals surface area contributed by atoms with Gasteiger partial charge in [0.1, 0.15) is 22.9 Å². The third kappa shape index (κ3) is 5.15. The molecule has 0 unspecified atom stereocenters. The molecule has 6 nitrogen and oxygen atoms in total. The van der Waals surface area contributed by atoms with Gasteiger partial charge in [-0.3, -0.25) is 4.79 Å². The number of carbonyl (C=O) groups is 1. The maximum absolute atomic E-state index is 13.9. The summed E-state index contributed by atoms with van der Waals surface area (Å²) in [6.45, 7) is 9.56. The molecule has 0 N–H and O–H groups in total. The highest BCUT2D eigenvalue weighted by molar-refractivity contribution is 5.92. The predicted molar refractivity (Wildman–Crippen MR) is 133 cm³/mol. The van der Waals surface area contributed by atoms with Gasteiger partial charge in [0.15, 0.2) is 0 Å². The van der Waals surface area contributed by atoms with Gasteiger partial charge in [0.2, 0.25) is 0 Å². The van der Waals surface area contributed by atoms with Crippen molar-refractivity contribution in [2.45, 2.75) is 70.7 Å². The van der Waals surface area contributed by atoms with Crippen molar-refractivity contribution in [2.24, 2.45) is 5.92 Å². The average Bonchev–Trinajstić information content (AvgIpc) is 2.85. The van der Waals surface area contributed by atoms with Crippen molar-refractivity contribution < 1.29 is 18.7 Å². The lowest BCUT2D eigenvalue weighted by Gasteiger charge is -2.47. The third-order valence-electron chi connectivity index (χ3n) is 7.72. The quantitative estimate of drug-likeness (QED) is 0.587. The van der Waals surface area contributed by atoms with Gasteiger partial charge in [0.05, 0.1) is 24.1 Å². The Bertz CT molecular complexity index is 1040. The van der Waals surface area contributed by atoms with Crippen LogP contribution >= 0.6 is 0 Å². The molecule has 2 aromatic rings. The zero-order valence-corrected chi connectivity index (χ0v) is 21.0. The summed E-state index contributed by atoms with van der Waals surface area (Å²) in [6, 6.07) is 8.54. The minimum Gasteiger partial charge on any atom is -0.487 e. The number of hydrogen-bond donors (Lipinski definition) is 0. The first-order chi connectivity index (χ1) is 16.8. The number of fused-ring (bicyclic) bond motifs is 1. The van der Waals surface area contributed by atoms with E-state index in [-0.39, 0.29) is 23.9 Å². The summed E-state index contributed by atoms with van der Waals surface area (Å²) >= 11 is 0. The number of rotatable bonds is 4. The number of hydrogen-bond acceptors (Lipinski definition) is 5. The Morgan fingerprint density at radius 1 is 1.14 bits per heavy atom. The lowest BCUT2D eigenvalue weighted by Crippen LogP contribution is -2.52. The largest absolute Gasteiger partial charge is 0.487 e. The molecule has 3 aliphatic rings. The van der Waals surface area contributed by atoms with Crippen LogP contribution in [0.1, 0.15) is 75.0 Å².